The third-order valence-electron chi connectivity index (χ3n) is 3.57. The highest BCUT2D eigenvalue weighted by Crippen LogP contribution is 2.16. The van der Waals surface area contributed by atoms with Gasteiger partial charge in [0.05, 0.1) is 0 Å². The maximum atomic E-state index is 12.8. The van der Waals surface area contributed by atoms with E-state index in [0.717, 1.165) is 25.6 Å². The van der Waals surface area contributed by atoms with Crippen LogP contribution in [0, 0.1) is 11.7 Å². The van der Waals surface area contributed by atoms with Gasteiger partial charge in [-0.2, -0.15) is 0 Å². The van der Waals surface area contributed by atoms with Crippen molar-refractivity contribution in [3.8, 4) is 0 Å². The van der Waals surface area contributed by atoms with Crippen LogP contribution >= 0.6 is 0 Å². The second-order valence-corrected chi connectivity index (χ2v) is 5.15. The van der Waals surface area contributed by atoms with Crippen LogP contribution in [-0.4, -0.2) is 31.1 Å². The zero-order valence-electron chi connectivity index (χ0n) is 10.6. The van der Waals surface area contributed by atoms with E-state index in [2.05, 4.69) is 24.2 Å². The van der Waals surface area contributed by atoms with Crippen LogP contribution in [0.5, 0.6) is 0 Å². The van der Waals surface area contributed by atoms with Gasteiger partial charge >= 0.3 is 0 Å². The van der Waals surface area contributed by atoms with Crippen molar-refractivity contribution < 1.29 is 4.39 Å². The van der Waals surface area contributed by atoms with Crippen LogP contribution in [0.1, 0.15) is 18.9 Å². The molecule has 0 saturated carbocycles. The molecule has 17 heavy (non-hydrogen) atoms. The van der Waals surface area contributed by atoms with Crippen molar-refractivity contribution in [2.75, 3.05) is 20.1 Å². The molecule has 0 aliphatic carbocycles. The minimum atomic E-state index is -0.164. The molecule has 0 aromatic heterocycles. The number of rotatable bonds is 4. The summed E-state index contributed by atoms with van der Waals surface area (Å²) in [5, 5.41) is 3.53. The maximum Gasteiger partial charge on any atom is 0.123 e. The molecule has 1 N–H and O–H groups in total. The fourth-order valence-corrected chi connectivity index (χ4v) is 2.45. The molecule has 0 amide bonds. The van der Waals surface area contributed by atoms with Gasteiger partial charge in [-0.1, -0.05) is 19.1 Å². The smallest absolute Gasteiger partial charge is 0.123 e. The van der Waals surface area contributed by atoms with E-state index in [-0.39, 0.29) is 5.82 Å². The van der Waals surface area contributed by atoms with E-state index in [4.69, 9.17) is 0 Å². The van der Waals surface area contributed by atoms with Crippen molar-refractivity contribution in [2.24, 2.45) is 5.92 Å². The molecule has 2 atom stereocenters. The molecule has 1 fully saturated rings. The van der Waals surface area contributed by atoms with E-state index >= 15 is 0 Å². The van der Waals surface area contributed by atoms with Crippen molar-refractivity contribution in [3.05, 3.63) is 35.6 Å². The molecule has 3 heteroatoms. The van der Waals surface area contributed by atoms with Crippen molar-refractivity contribution in [3.63, 3.8) is 0 Å². The van der Waals surface area contributed by atoms with Gasteiger partial charge in [-0.05, 0) is 43.6 Å². The highest BCUT2D eigenvalue weighted by atomic mass is 19.1. The molecular weight excluding hydrogens is 215 g/mol. The molecule has 0 bridgehead atoms. The number of benzene rings is 1. The zero-order chi connectivity index (χ0) is 12.3. The van der Waals surface area contributed by atoms with Gasteiger partial charge in [0.1, 0.15) is 5.82 Å². The Labute approximate surface area is 103 Å². The molecule has 0 radical (unpaired) electrons. The number of nitrogens with one attached hydrogen (secondary N) is 1. The number of hydrogen-bond donors (Lipinski definition) is 1. The Kier molecular flexibility index (Phi) is 4.13. The average molecular weight is 236 g/mol. The van der Waals surface area contributed by atoms with Crippen molar-refractivity contribution in [1.29, 1.82) is 0 Å². The zero-order valence-corrected chi connectivity index (χ0v) is 10.6. The van der Waals surface area contributed by atoms with E-state index in [1.54, 1.807) is 0 Å². The molecule has 1 aromatic rings. The minimum Gasteiger partial charge on any atom is -0.312 e. The molecule has 1 aromatic carbocycles. The Morgan fingerprint density at radius 3 is 2.65 bits per heavy atom. The standard InChI is InChI=1S/C14H21FN2/c1-11-7-8-16-14(11)10-17(2)9-12-3-5-13(15)6-4-12/h3-6,11,14,16H,7-10H2,1-2H3. The van der Waals surface area contributed by atoms with E-state index in [1.165, 1.54) is 24.1 Å². The summed E-state index contributed by atoms with van der Waals surface area (Å²) >= 11 is 0. The first-order valence-corrected chi connectivity index (χ1v) is 6.31. The van der Waals surface area contributed by atoms with Crippen LogP contribution in [-0.2, 0) is 6.54 Å². The molecule has 0 spiro atoms. The van der Waals surface area contributed by atoms with Gasteiger partial charge < -0.3 is 10.2 Å². The van der Waals surface area contributed by atoms with Crippen molar-refractivity contribution in [1.82, 2.24) is 10.2 Å². The van der Waals surface area contributed by atoms with Crippen LogP contribution < -0.4 is 5.32 Å². The number of likely N-dealkylation sites (N-methyl/N-ethyl adjacent to an activating group) is 1. The molecule has 1 saturated heterocycles. The summed E-state index contributed by atoms with van der Waals surface area (Å²) in [6.07, 6.45) is 1.27. The lowest BCUT2D eigenvalue weighted by Crippen LogP contribution is -2.37. The average Bonchev–Trinajstić information content (AvgIpc) is 2.68. The van der Waals surface area contributed by atoms with E-state index < -0.39 is 0 Å². The molecule has 2 nitrogen and oxygen atoms in total. The predicted molar refractivity (Wildman–Crippen MR) is 68.3 cm³/mol. The van der Waals surface area contributed by atoms with Crippen molar-refractivity contribution in [2.45, 2.75) is 25.9 Å². The summed E-state index contributed by atoms with van der Waals surface area (Å²) in [7, 11) is 2.12. The summed E-state index contributed by atoms with van der Waals surface area (Å²) in [4.78, 5) is 2.30. The lowest BCUT2D eigenvalue weighted by Gasteiger charge is -2.23. The Balaban J connectivity index is 1.84. The Bertz CT molecular complexity index is 350. The monoisotopic (exact) mass is 236 g/mol. The highest BCUT2D eigenvalue weighted by Gasteiger charge is 2.23. The lowest BCUT2D eigenvalue weighted by atomic mass is 10.0. The van der Waals surface area contributed by atoms with E-state index in [0.29, 0.717) is 6.04 Å². The number of halogens is 1. The summed E-state index contributed by atoms with van der Waals surface area (Å²) in [6.45, 7) is 5.37. The third kappa shape index (κ3) is 3.51. The Hall–Kier alpha value is -0.930. The summed E-state index contributed by atoms with van der Waals surface area (Å²) in [6, 6.07) is 7.37. The van der Waals surface area contributed by atoms with E-state index in [9.17, 15) is 4.39 Å². The molecular formula is C14H21FN2. The quantitative estimate of drug-likeness (QED) is 0.862. The van der Waals surface area contributed by atoms with Gasteiger partial charge in [0.25, 0.3) is 0 Å². The normalized spacial score (nSPS) is 24.5. The molecule has 2 rings (SSSR count). The summed E-state index contributed by atoms with van der Waals surface area (Å²) < 4.78 is 12.8. The molecule has 94 valence electrons. The summed E-state index contributed by atoms with van der Waals surface area (Å²) in [5.41, 5.74) is 1.17. The lowest BCUT2D eigenvalue weighted by molar-refractivity contribution is 0.271. The Morgan fingerprint density at radius 2 is 2.06 bits per heavy atom. The van der Waals surface area contributed by atoms with Gasteiger partial charge in [-0.15, -0.1) is 0 Å². The predicted octanol–water partition coefficient (Wildman–Crippen LogP) is 2.26. The largest absolute Gasteiger partial charge is 0.312 e. The molecule has 1 heterocycles. The van der Waals surface area contributed by atoms with Gasteiger partial charge in [0.15, 0.2) is 0 Å². The third-order valence-corrected chi connectivity index (χ3v) is 3.57. The second kappa shape index (κ2) is 5.61. The first-order chi connectivity index (χ1) is 8.15. The van der Waals surface area contributed by atoms with Gasteiger partial charge in [-0.25, -0.2) is 4.39 Å². The Morgan fingerprint density at radius 1 is 1.35 bits per heavy atom. The molecule has 1 aliphatic rings. The van der Waals surface area contributed by atoms with Crippen LogP contribution in [0.4, 0.5) is 4.39 Å². The van der Waals surface area contributed by atoms with Crippen LogP contribution in [0.15, 0.2) is 24.3 Å². The number of nitrogens with zero attached hydrogens (tertiary/aromatic N) is 1. The topological polar surface area (TPSA) is 15.3 Å². The van der Waals surface area contributed by atoms with Crippen molar-refractivity contribution >= 4 is 0 Å². The SMILES string of the molecule is CC1CCNC1CN(C)Cc1ccc(F)cc1. The van der Waals surface area contributed by atoms with Crippen LogP contribution in [0.25, 0.3) is 0 Å². The van der Waals surface area contributed by atoms with Crippen LogP contribution in [0.2, 0.25) is 0 Å². The highest BCUT2D eigenvalue weighted by molar-refractivity contribution is 5.15. The summed E-state index contributed by atoms with van der Waals surface area (Å²) in [5.74, 6) is 0.591. The molecule has 2 unspecified atom stereocenters. The van der Waals surface area contributed by atoms with Crippen LogP contribution in [0.3, 0.4) is 0 Å². The van der Waals surface area contributed by atoms with E-state index in [1.807, 2.05) is 12.1 Å². The maximum absolute atomic E-state index is 12.8. The fraction of sp³-hybridized carbons (Fsp3) is 0.571. The van der Waals surface area contributed by atoms with Gasteiger partial charge in [-0.3, -0.25) is 0 Å². The molecule has 1 aliphatic heterocycles. The number of hydrogen-bond acceptors (Lipinski definition) is 2. The second-order valence-electron chi connectivity index (χ2n) is 5.15. The first kappa shape index (κ1) is 12.5. The van der Waals surface area contributed by atoms with Gasteiger partial charge in [0.2, 0.25) is 0 Å². The fourth-order valence-electron chi connectivity index (χ4n) is 2.45. The van der Waals surface area contributed by atoms with Gasteiger partial charge in [0, 0.05) is 19.1 Å². The minimum absolute atomic E-state index is 0.164. The first-order valence-electron chi connectivity index (χ1n) is 6.31.